The molecule has 0 amide bonds. The highest BCUT2D eigenvalue weighted by Crippen LogP contribution is 2.25. The Labute approximate surface area is 102 Å². The van der Waals surface area contributed by atoms with Crippen LogP contribution in [0.5, 0.6) is 0 Å². The maximum Gasteiger partial charge on any atom is 0.0218 e. The van der Waals surface area contributed by atoms with Gasteiger partial charge in [0.2, 0.25) is 0 Å². The average molecular weight is 226 g/mol. The standard InChI is InChI=1S/C14H30N2/c1-5-8-15-10-14(6-2)16-9-7-13(11-16)12(3)4/h12-15H,5-11H2,1-4H3. The van der Waals surface area contributed by atoms with Gasteiger partial charge >= 0.3 is 0 Å². The monoisotopic (exact) mass is 226 g/mol. The fourth-order valence-electron chi connectivity index (χ4n) is 2.67. The van der Waals surface area contributed by atoms with Gasteiger partial charge in [0.15, 0.2) is 0 Å². The number of likely N-dealkylation sites (tertiary alicyclic amines) is 1. The van der Waals surface area contributed by atoms with Crippen LogP contribution in [-0.4, -0.2) is 37.1 Å². The Morgan fingerprint density at radius 3 is 2.56 bits per heavy atom. The van der Waals surface area contributed by atoms with E-state index in [-0.39, 0.29) is 0 Å². The number of rotatable bonds is 7. The molecule has 1 saturated heterocycles. The van der Waals surface area contributed by atoms with Gasteiger partial charge in [-0.1, -0.05) is 27.7 Å². The molecule has 0 aliphatic carbocycles. The van der Waals surface area contributed by atoms with Crippen molar-refractivity contribution >= 4 is 0 Å². The zero-order valence-electron chi connectivity index (χ0n) is 11.6. The van der Waals surface area contributed by atoms with Crippen molar-refractivity contribution in [3.05, 3.63) is 0 Å². The maximum atomic E-state index is 3.57. The van der Waals surface area contributed by atoms with E-state index in [4.69, 9.17) is 0 Å². The van der Waals surface area contributed by atoms with E-state index in [1.807, 2.05) is 0 Å². The molecule has 16 heavy (non-hydrogen) atoms. The molecule has 1 aliphatic heterocycles. The average Bonchev–Trinajstić information content (AvgIpc) is 2.74. The van der Waals surface area contributed by atoms with Gasteiger partial charge in [-0.3, -0.25) is 4.90 Å². The Balaban J connectivity index is 2.31. The summed E-state index contributed by atoms with van der Waals surface area (Å²) in [6.07, 6.45) is 3.93. The van der Waals surface area contributed by atoms with Crippen LogP contribution in [0.4, 0.5) is 0 Å². The zero-order valence-corrected chi connectivity index (χ0v) is 11.6. The van der Waals surface area contributed by atoms with Crippen LogP contribution in [0.1, 0.15) is 47.0 Å². The van der Waals surface area contributed by atoms with E-state index in [0.717, 1.165) is 24.4 Å². The molecule has 96 valence electrons. The largest absolute Gasteiger partial charge is 0.315 e. The smallest absolute Gasteiger partial charge is 0.0218 e. The Hall–Kier alpha value is -0.0800. The van der Waals surface area contributed by atoms with E-state index in [2.05, 4.69) is 37.9 Å². The summed E-state index contributed by atoms with van der Waals surface area (Å²) in [5, 5.41) is 3.57. The molecule has 0 aromatic carbocycles. The molecule has 0 radical (unpaired) electrons. The maximum absolute atomic E-state index is 3.57. The van der Waals surface area contributed by atoms with Gasteiger partial charge in [0.05, 0.1) is 0 Å². The first kappa shape index (κ1) is 14.0. The molecule has 0 aromatic rings. The van der Waals surface area contributed by atoms with Gasteiger partial charge in [-0.15, -0.1) is 0 Å². The van der Waals surface area contributed by atoms with Crippen molar-refractivity contribution in [1.29, 1.82) is 0 Å². The summed E-state index contributed by atoms with van der Waals surface area (Å²) >= 11 is 0. The lowest BCUT2D eigenvalue weighted by Gasteiger charge is -2.27. The van der Waals surface area contributed by atoms with Gasteiger partial charge in [0.25, 0.3) is 0 Å². The molecule has 1 rings (SSSR count). The lowest BCUT2D eigenvalue weighted by Crippen LogP contribution is -2.41. The van der Waals surface area contributed by atoms with Crippen molar-refractivity contribution in [3.8, 4) is 0 Å². The number of nitrogens with one attached hydrogen (secondary N) is 1. The Kier molecular flexibility index (Phi) is 6.37. The Bertz CT molecular complexity index is 180. The summed E-state index contributed by atoms with van der Waals surface area (Å²) in [7, 11) is 0. The lowest BCUT2D eigenvalue weighted by atomic mass is 9.95. The van der Waals surface area contributed by atoms with Gasteiger partial charge in [0, 0.05) is 19.1 Å². The summed E-state index contributed by atoms with van der Waals surface area (Å²) in [6.45, 7) is 14.3. The fraction of sp³-hybridized carbons (Fsp3) is 1.00. The molecular weight excluding hydrogens is 196 g/mol. The fourth-order valence-corrected chi connectivity index (χ4v) is 2.67. The van der Waals surface area contributed by atoms with E-state index in [1.54, 1.807) is 0 Å². The Morgan fingerprint density at radius 1 is 1.31 bits per heavy atom. The third kappa shape index (κ3) is 4.06. The molecule has 0 aromatic heterocycles. The molecular formula is C14H30N2. The van der Waals surface area contributed by atoms with Crippen LogP contribution in [0.25, 0.3) is 0 Å². The van der Waals surface area contributed by atoms with Crippen molar-refractivity contribution in [2.24, 2.45) is 11.8 Å². The van der Waals surface area contributed by atoms with Crippen LogP contribution in [0.2, 0.25) is 0 Å². The molecule has 0 spiro atoms. The van der Waals surface area contributed by atoms with Crippen LogP contribution < -0.4 is 5.32 Å². The topological polar surface area (TPSA) is 15.3 Å². The third-order valence-corrected chi connectivity index (χ3v) is 3.99. The SMILES string of the molecule is CCCNCC(CC)N1CCC(C(C)C)C1. The van der Waals surface area contributed by atoms with Crippen LogP contribution in [0, 0.1) is 11.8 Å². The first-order valence-corrected chi connectivity index (χ1v) is 7.13. The number of nitrogens with zero attached hydrogens (tertiary/aromatic N) is 1. The van der Waals surface area contributed by atoms with Crippen molar-refractivity contribution in [2.45, 2.75) is 53.0 Å². The second-order valence-electron chi connectivity index (χ2n) is 5.55. The van der Waals surface area contributed by atoms with Crippen LogP contribution >= 0.6 is 0 Å². The number of hydrogen-bond donors (Lipinski definition) is 1. The molecule has 0 saturated carbocycles. The first-order valence-electron chi connectivity index (χ1n) is 7.13. The van der Waals surface area contributed by atoms with Crippen LogP contribution in [0.15, 0.2) is 0 Å². The third-order valence-electron chi connectivity index (χ3n) is 3.99. The van der Waals surface area contributed by atoms with Crippen molar-refractivity contribution in [3.63, 3.8) is 0 Å². The molecule has 2 heteroatoms. The molecule has 1 fully saturated rings. The van der Waals surface area contributed by atoms with E-state index in [9.17, 15) is 0 Å². The first-order chi connectivity index (χ1) is 7.69. The molecule has 0 bridgehead atoms. The van der Waals surface area contributed by atoms with Crippen LogP contribution in [-0.2, 0) is 0 Å². The van der Waals surface area contributed by atoms with E-state index >= 15 is 0 Å². The second-order valence-corrected chi connectivity index (χ2v) is 5.55. The number of hydrogen-bond acceptors (Lipinski definition) is 2. The minimum atomic E-state index is 0.760. The highest BCUT2D eigenvalue weighted by atomic mass is 15.2. The minimum absolute atomic E-state index is 0.760. The van der Waals surface area contributed by atoms with Gasteiger partial charge < -0.3 is 5.32 Å². The predicted octanol–water partition coefficient (Wildman–Crippen LogP) is 2.74. The van der Waals surface area contributed by atoms with E-state index in [1.165, 1.54) is 38.9 Å². The lowest BCUT2D eigenvalue weighted by molar-refractivity contribution is 0.214. The highest BCUT2D eigenvalue weighted by Gasteiger charge is 2.28. The van der Waals surface area contributed by atoms with Gasteiger partial charge in [0.1, 0.15) is 0 Å². The molecule has 1 heterocycles. The van der Waals surface area contributed by atoms with E-state index in [0.29, 0.717) is 0 Å². The quantitative estimate of drug-likeness (QED) is 0.672. The molecule has 2 nitrogen and oxygen atoms in total. The zero-order chi connectivity index (χ0) is 12.0. The molecule has 2 unspecified atom stereocenters. The van der Waals surface area contributed by atoms with E-state index < -0.39 is 0 Å². The van der Waals surface area contributed by atoms with Crippen molar-refractivity contribution in [1.82, 2.24) is 10.2 Å². The summed E-state index contributed by atoms with van der Waals surface area (Å²) < 4.78 is 0. The van der Waals surface area contributed by atoms with Crippen molar-refractivity contribution in [2.75, 3.05) is 26.2 Å². The van der Waals surface area contributed by atoms with Gasteiger partial charge in [-0.05, 0) is 44.2 Å². The van der Waals surface area contributed by atoms with Crippen LogP contribution in [0.3, 0.4) is 0 Å². The normalized spacial score (nSPS) is 24.2. The molecule has 1 aliphatic rings. The molecule has 2 atom stereocenters. The van der Waals surface area contributed by atoms with Gasteiger partial charge in [-0.2, -0.15) is 0 Å². The summed E-state index contributed by atoms with van der Waals surface area (Å²) in [5.41, 5.74) is 0. The summed E-state index contributed by atoms with van der Waals surface area (Å²) in [6, 6.07) is 0.760. The summed E-state index contributed by atoms with van der Waals surface area (Å²) in [5.74, 6) is 1.78. The molecule has 1 N–H and O–H groups in total. The minimum Gasteiger partial charge on any atom is -0.315 e. The predicted molar refractivity (Wildman–Crippen MR) is 71.8 cm³/mol. The van der Waals surface area contributed by atoms with Gasteiger partial charge in [-0.25, -0.2) is 0 Å². The highest BCUT2D eigenvalue weighted by molar-refractivity contribution is 4.83. The van der Waals surface area contributed by atoms with Crippen molar-refractivity contribution < 1.29 is 0 Å². The second kappa shape index (κ2) is 7.29. The summed E-state index contributed by atoms with van der Waals surface area (Å²) in [4.78, 5) is 2.70. The Morgan fingerprint density at radius 2 is 2.06 bits per heavy atom.